The fraction of sp³-hybridized carbons (Fsp3) is 0.143. The second kappa shape index (κ2) is 4.56. The SMILES string of the molecule is Fc1c(F)c(C2(c3ccccc3)CO2)c(F)c(F)c1Br. The molecule has 104 valence electrons. The summed E-state index contributed by atoms with van der Waals surface area (Å²) in [6, 6.07) is 8.20. The smallest absolute Gasteiger partial charge is 0.176 e. The van der Waals surface area contributed by atoms with E-state index in [1.807, 2.05) is 0 Å². The Hall–Kier alpha value is -1.40. The predicted octanol–water partition coefficient (Wildman–Crippen LogP) is 4.28. The first kappa shape index (κ1) is 13.6. The Morgan fingerprint density at radius 2 is 1.40 bits per heavy atom. The quantitative estimate of drug-likeness (QED) is 0.342. The van der Waals surface area contributed by atoms with Crippen molar-refractivity contribution in [2.24, 2.45) is 0 Å². The van der Waals surface area contributed by atoms with E-state index in [2.05, 4.69) is 15.9 Å². The van der Waals surface area contributed by atoms with E-state index < -0.39 is 38.9 Å². The van der Waals surface area contributed by atoms with Gasteiger partial charge >= 0.3 is 0 Å². The van der Waals surface area contributed by atoms with Crippen molar-refractivity contribution < 1.29 is 22.3 Å². The van der Waals surface area contributed by atoms with Gasteiger partial charge in [0, 0.05) is 0 Å². The van der Waals surface area contributed by atoms with Crippen molar-refractivity contribution in [3.8, 4) is 0 Å². The molecule has 0 amide bonds. The monoisotopic (exact) mass is 346 g/mol. The Morgan fingerprint density at radius 3 is 1.85 bits per heavy atom. The molecule has 0 aromatic heterocycles. The van der Waals surface area contributed by atoms with E-state index >= 15 is 0 Å². The maximum atomic E-state index is 14.0. The van der Waals surface area contributed by atoms with E-state index in [0.717, 1.165) is 0 Å². The Balaban J connectivity index is 2.26. The van der Waals surface area contributed by atoms with Gasteiger partial charge in [-0.15, -0.1) is 0 Å². The summed E-state index contributed by atoms with van der Waals surface area (Å²) in [6.07, 6.45) is 0. The van der Waals surface area contributed by atoms with Crippen molar-refractivity contribution in [2.45, 2.75) is 5.60 Å². The molecule has 1 aliphatic heterocycles. The molecule has 0 saturated carbocycles. The second-order valence-corrected chi connectivity index (χ2v) is 5.22. The molecule has 2 aromatic carbocycles. The van der Waals surface area contributed by atoms with E-state index in [0.29, 0.717) is 5.56 Å². The molecule has 1 nitrogen and oxygen atoms in total. The lowest BCUT2D eigenvalue weighted by Gasteiger charge is -2.16. The van der Waals surface area contributed by atoms with Crippen LogP contribution in [0.3, 0.4) is 0 Å². The van der Waals surface area contributed by atoms with Gasteiger partial charge < -0.3 is 4.74 Å². The van der Waals surface area contributed by atoms with E-state index in [-0.39, 0.29) is 6.61 Å². The van der Waals surface area contributed by atoms with Crippen LogP contribution in [0.1, 0.15) is 11.1 Å². The molecule has 1 atom stereocenters. The molecule has 0 aliphatic carbocycles. The van der Waals surface area contributed by atoms with Crippen molar-refractivity contribution in [3.05, 3.63) is 69.2 Å². The van der Waals surface area contributed by atoms with Gasteiger partial charge in [-0.1, -0.05) is 30.3 Å². The average Bonchev–Trinajstić information content (AvgIpc) is 3.26. The van der Waals surface area contributed by atoms with Gasteiger partial charge in [0.2, 0.25) is 0 Å². The second-order valence-electron chi connectivity index (χ2n) is 4.43. The molecule has 3 rings (SSSR count). The molecule has 0 spiro atoms. The normalized spacial score (nSPS) is 21.1. The van der Waals surface area contributed by atoms with Crippen LogP contribution in [0.2, 0.25) is 0 Å². The van der Waals surface area contributed by atoms with Crippen molar-refractivity contribution in [1.29, 1.82) is 0 Å². The number of ether oxygens (including phenoxy) is 1. The topological polar surface area (TPSA) is 12.5 Å². The number of hydrogen-bond acceptors (Lipinski definition) is 1. The molecule has 1 fully saturated rings. The van der Waals surface area contributed by atoms with Crippen LogP contribution < -0.4 is 0 Å². The molecule has 0 radical (unpaired) electrons. The number of hydrogen-bond donors (Lipinski definition) is 0. The van der Waals surface area contributed by atoms with Gasteiger partial charge in [-0.2, -0.15) is 0 Å². The molecule has 0 N–H and O–H groups in total. The van der Waals surface area contributed by atoms with Gasteiger partial charge in [0.15, 0.2) is 23.3 Å². The van der Waals surface area contributed by atoms with Crippen molar-refractivity contribution >= 4 is 15.9 Å². The number of halogens is 5. The minimum atomic E-state index is -1.47. The minimum Gasteiger partial charge on any atom is -0.359 e. The molecule has 6 heteroatoms. The molecule has 0 bridgehead atoms. The third-order valence-corrected chi connectivity index (χ3v) is 3.98. The molecule has 1 heterocycles. The van der Waals surface area contributed by atoms with Gasteiger partial charge in [-0.25, -0.2) is 17.6 Å². The van der Waals surface area contributed by atoms with Gasteiger partial charge in [-0.3, -0.25) is 0 Å². The first-order valence-electron chi connectivity index (χ1n) is 5.70. The summed E-state index contributed by atoms with van der Waals surface area (Å²) in [5.74, 6) is -5.83. The van der Waals surface area contributed by atoms with Crippen LogP contribution in [0.4, 0.5) is 17.6 Å². The summed E-state index contributed by atoms with van der Waals surface area (Å²) in [6.45, 7) is -0.0363. The molecule has 2 aromatic rings. The average molecular weight is 347 g/mol. The van der Waals surface area contributed by atoms with E-state index in [9.17, 15) is 17.6 Å². The minimum absolute atomic E-state index is 0.0363. The largest absolute Gasteiger partial charge is 0.359 e. The molecule has 1 saturated heterocycles. The Morgan fingerprint density at radius 1 is 0.900 bits per heavy atom. The van der Waals surface area contributed by atoms with Crippen LogP contribution in [0.15, 0.2) is 34.8 Å². The van der Waals surface area contributed by atoms with Crippen LogP contribution in [-0.2, 0) is 10.3 Å². The summed E-state index contributed by atoms with van der Waals surface area (Å²) in [5.41, 5.74) is -1.75. The first-order chi connectivity index (χ1) is 9.49. The highest BCUT2D eigenvalue weighted by Gasteiger charge is 2.53. The Labute approximate surface area is 120 Å². The van der Waals surface area contributed by atoms with Gasteiger partial charge in [0.05, 0.1) is 16.6 Å². The highest BCUT2D eigenvalue weighted by molar-refractivity contribution is 9.10. The van der Waals surface area contributed by atoms with E-state index in [1.165, 1.54) is 0 Å². The number of rotatable bonds is 2. The molecule has 1 aliphatic rings. The van der Waals surface area contributed by atoms with Crippen molar-refractivity contribution in [1.82, 2.24) is 0 Å². The molecule has 1 unspecified atom stereocenters. The third kappa shape index (κ3) is 1.78. The zero-order valence-corrected chi connectivity index (χ0v) is 11.5. The highest BCUT2D eigenvalue weighted by Crippen LogP contribution is 2.48. The molecular formula is C14H7BrF4O. The predicted molar refractivity (Wildman–Crippen MR) is 67.1 cm³/mol. The van der Waals surface area contributed by atoms with Gasteiger partial charge in [-0.05, 0) is 21.5 Å². The number of benzene rings is 2. The third-order valence-electron chi connectivity index (χ3n) is 3.29. The molecular weight excluding hydrogens is 340 g/mol. The van der Waals surface area contributed by atoms with Crippen LogP contribution in [0.5, 0.6) is 0 Å². The lowest BCUT2D eigenvalue weighted by Crippen LogP contribution is -2.18. The number of epoxide rings is 1. The van der Waals surface area contributed by atoms with Gasteiger partial charge in [0.25, 0.3) is 0 Å². The fourth-order valence-electron chi connectivity index (χ4n) is 2.19. The summed E-state index contributed by atoms with van der Waals surface area (Å²) in [4.78, 5) is 0. The maximum Gasteiger partial charge on any atom is 0.176 e. The zero-order chi connectivity index (χ0) is 14.5. The van der Waals surface area contributed by atoms with Crippen molar-refractivity contribution in [2.75, 3.05) is 6.61 Å². The lowest BCUT2D eigenvalue weighted by molar-refractivity contribution is 0.319. The highest BCUT2D eigenvalue weighted by atomic mass is 79.9. The van der Waals surface area contributed by atoms with Crippen LogP contribution in [-0.4, -0.2) is 6.61 Å². The fourth-order valence-corrected chi connectivity index (χ4v) is 2.54. The summed E-state index contributed by atoms with van der Waals surface area (Å²) in [7, 11) is 0. The standard InChI is InChI=1S/C14H7BrF4O/c15-9-12(18)10(16)8(11(17)13(9)19)14(6-20-14)7-4-2-1-3-5-7/h1-5H,6H2. The van der Waals surface area contributed by atoms with Crippen LogP contribution >= 0.6 is 15.9 Å². The first-order valence-corrected chi connectivity index (χ1v) is 6.49. The Bertz CT molecular complexity index is 654. The van der Waals surface area contributed by atoms with Crippen molar-refractivity contribution in [3.63, 3.8) is 0 Å². The summed E-state index contributed by atoms with van der Waals surface area (Å²) >= 11 is 2.49. The zero-order valence-electron chi connectivity index (χ0n) is 9.89. The van der Waals surface area contributed by atoms with E-state index in [4.69, 9.17) is 4.74 Å². The summed E-state index contributed by atoms with van der Waals surface area (Å²) < 4.78 is 59.6. The lowest BCUT2D eigenvalue weighted by atomic mass is 9.90. The molecule has 20 heavy (non-hydrogen) atoms. The summed E-state index contributed by atoms with van der Waals surface area (Å²) in [5, 5.41) is 0. The van der Waals surface area contributed by atoms with Crippen LogP contribution in [0.25, 0.3) is 0 Å². The Kier molecular flexibility index (Phi) is 3.10. The van der Waals surface area contributed by atoms with E-state index in [1.54, 1.807) is 30.3 Å². The maximum absolute atomic E-state index is 14.0. The van der Waals surface area contributed by atoms with Gasteiger partial charge in [0.1, 0.15) is 5.60 Å². The van der Waals surface area contributed by atoms with Crippen LogP contribution in [0, 0.1) is 23.3 Å².